The first-order chi connectivity index (χ1) is 9.65. The molecule has 0 saturated carbocycles. The highest BCUT2D eigenvalue weighted by Gasteiger charge is 2.11. The first-order valence-corrected chi connectivity index (χ1v) is 6.56. The van der Waals surface area contributed by atoms with E-state index in [-0.39, 0.29) is 0 Å². The van der Waals surface area contributed by atoms with Crippen LogP contribution in [0.3, 0.4) is 0 Å². The fourth-order valence-electron chi connectivity index (χ4n) is 2.18. The molecule has 0 spiro atoms. The summed E-state index contributed by atoms with van der Waals surface area (Å²) in [7, 11) is 1.97. The topological polar surface area (TPSA) is 59.5 Å². The molecule has 3 rings (SSSR count). The van der Waals surface area contributed by atoms with Gasteiger partial charge in [-0.3, -0.25) is 0 Å². The van der Waals surface area contributed by atoms with Gasteiger partial charge >= 0.3 is 0 Å². The summed E-state index contributed by atoms with van der Waals surface area (Å²) in [5.74, 6) is 0.850. The molecule has 102 valence electrons. The number of aromatic nitrogens is 3. The van der Waals surface area contributed by atoms with E-state index in [1.165, 1.54) is 0 Å². The smallest absolute Gasteiger partial charge is 0.154 e. The van der Waals surface area contributed by atoms with Crippen molar-refractivity contribution >= 4 is 28.6 Å². The molecule has 0 bridgehead atoms. The maximum absolute atomic E-state index is 6.20. The summed E-state index contributed by atoms with van der Waals surface area (Å²) in [6.07, 6.45) is 5.30. The van der Waals surface area contributed by atoms with E-state index in [0.717, 1.165) is 16.9 Å². The van der Waals surface area contributed by atoms with Gasteiger partial charge in [-0.15, -0.1) is 0 Å². The van der Waals surface area contributed by atoms with Crippen LogP contribution in [0.4, 0.5) is 11.5 Å². The summed E-state index contributed by atoms with van der Waals surface area (Å²) in [5, 5.41) is 4.90. The van der Waals surface area contributed by atoms with E-state index >= 15 is 0 Å². The van der Waals surface area contributed by atoms with Crippen LogP contribution < -0.4 is 10.6 Å². The third kappa shape index (κ3) is 2.28. The van der Waals surface area contributed by atoms with Gasteiger partial charge in [0.1, 0.15) is 5.52 Å². The molecule has 0 aliphatic rings. The summed E-state index contributed by atoms with van der Waals surface area (Å²) in [4.78, 5) is 6.44. The van der Waals surface area contributed by atoms with E-state index in [0.29, 0.717) is 17.3 Å². The molecule has 2 N–H and O–H groups in total. The van der Waals surface area contributed by atoms with Crippen LogP contribution in [-0.4, -0.2) is 21.6 Å². The Morgan fingerprint density at radius 2 is 2.15 bits per heavy atom. The van der Waals surface area contributed by atoms with E-state index in [1.54, 1.807) is 23.0 Å². The van der Waals surface area contributed by atoms with Gasteiger partial charge in [-0.25, -0.2) is 9.50 Å². The van der Waals surface area contributed by atoms with Crippen molar-refractivity contribution in [2.24, 2.45) is 0 Å². The number of nitrogens with two attached hydrogens (primary N) is 1. The minimum absolute atomic E-state index is 0.627. The molecule has 0 amide bonds. The molecular weight excluding hydrogens is 274 g/mol. The molecule has 2 aromatic heterocycles. The molecule has 2 heterocycles. The Balaban J connectivity index is 1.95. The predicted molar refractivity (Wildman–Crippen MR) is 81.0 cm³/mol. The zero-order valence-corrected chi connectivity index (χ0v) is 11.7. The van der Waals surface area contributed by atoms with Crippen LogP contribution in [-0.2, 0) is 6.54 Å². The van der Waals surface area contributed by atoms with Gasteiger partial charge in [-0.2, -0.15) is 5.10 Å². The van der Waals surface area contributed by atoms with Crippen molar-refractivity contribution in [1.29, 1.82) is 0 Å². The summed E-state index contributed by atoms with van der Waals surface area (Å²) < 4.78 is 1.79. The van der Waals surface area contributed by atoms with Crippen LogP contribution >= 0.6 is 11.6 Å². The Bertz CT molecular complexity index is 752. The average Bonchev–Trinajstić information content (AvgIpc) is 2.91. The van der Waals surface area contributed by atoms with Gasteiger partial charge in [0, 0.05) is 36.7 Å². The number of rotatable bonds is 3. The number of nitrogen functional groups attached to an aromatic ring is 1. The third-order valence-corrected chi connectivity index (χ3v) is 3.51. The van der Waals surface area contributed by atoms with Crippen LogP contribution in [0.2, 0.25) is 5.02 Å². The molecule has 6 heteroatoms. The Morgan fingerprint density at radius 1 is 1.30 bits per heavy atom. The second-order valence-electron chi connectivity index (χ2n) is 4.62. The third-order valence-electron chi connectivity index (χ3n) is 3.14. The van der Waals surface area contributed by atoms with E-state index < -0.39 is 0 Å². The maximum Gasteiger partial charge on any atom is 0.154 e. The van der Waals surface area contributed by atoms with E-state index in [2.05, 4.69) is 10.1 Å². The fraction of sp³-hybridized carbons (Fsp3) is 0.143. The van der Waals surface area contributed by atoms with Crippen molar-refractivity contribution < 1.29 is 0 Å². The molecular formula is C14H14ClN5. The van der Waals surface area contributed by atoms with Crippen LogP contribution in [0.15, 0.2) is 42.9 Å². The lowest BCUT2D eigenvalue weighted by atomic mass is 10.2. The number of hydrogen-bond donors (Lipinski definition) is 1. The van der Waals surface area contributed by atoms with Gasteiger partial charge in [0.25, 0.3) is 0 Å². The van der Waals surface area contributed by atoms with Crippen molar-refractivity contribution in [3.05, 3.63) is 53.4 Å². The van der Waals surface area contributed by atoms with E-state index in [1.807, 2.05) is 36.3 Å². The van der Waals surface area contributed by atoms with Crippen LogP contribution in [0.5, 0.6) is 0 Å². The molecule has 0 radical (unpaired) electrons. The Kier molecular flexibility index (Phi) is 3.20. The standard InChI is InChI=1S/C14H14ClN5/c1-19(9-10-8-11(16)2-3-12(10)15)14-13-4-5-18-20(13)7-6-17-14/h2-8H,9,16H2,1H3. The fourth-order valence-corrected chi connectivity index (χ4v) is 2.36. The number of halogens is 1. The second-order valence-corrected chi connectivity index (χ2v) is 5.03. The first-order valence-electron chi connectivity index (χ1n) is 6.18. The van der Waals surface area contributed by atoms with Gasteiger partial charge in [0.15, 0.2) is 5.82 Å². The lowest BCUT2D eigenvalue weighted by Gasteiger charge is -2.19. The normalized spacial score (nSPS) is 10.9. The Morgan fingerprint density at radius 3 is 3.00 bits per heavy atom. The minimum Gasteiger partial charge on any atom is -0.399 e. The zero-order chi connectivity index (χ0) is 14.1. The van der Waals surface area contributed by atoms with Crippen molar-refractivity contribution in [3.63, 3.8) is 0 Å². The van der Waals surface area contributed by atoms with Crippen LogP contribution in [0.1, 0.15) is 5.56 Å². The molecule has 20 heavy (non-hydrogen) atoms. The minimum atomic E-state index is 0.627. The molecule has 0 atom stereocenters. The highest BCUT2D eigenvalue weighted by atomic mass is 35.5. The van der Waals surface area contributed by atoms with Gasteiger partial charge in [0.05, 0.1) is 6.20 Å². The Labute approximate surface area is 121 Å². The van der Waals surface area contributed by atoms with E-state index in [4.69, 9.17) is 17.3 Å². The maximum atomic E-state index is 6.20. The summed E-state index contributed by atoms with van der Waals surface area (Å²) >= 11 is 6.20. The predicted octanol–water partition coefficient (Wildman–Crippen LogP) is 2.60. The number of nitrogens with zero attached hydrogens (tertiary/aromatic N) is 4. The van der Waals surface area contributed by atoms with Gasteiger partial charge in [0.2, 0.25) is 0 Å². The number of benzene rings is 1. The molecule has 3 aromatic rings. The quantitative estimate of drug-likeness (QED) is 0.752. The second kappa shape index (κ2) is 5.02. The van der Waals surface area contributed by atoms with Crippen LogP contribution in [0, 0.1) is 0 Å². The molecule has 0 aliphatic carbocycles. The van der Waals surface area contributed by atoms with Gasteiger partial charge < -0.3 is 10.6 Å². The van der Waals surface area contributed by atoms with Crippen molar-refractivity contribution in [2.45, 2.75) is 6.54 Å². The lowest BCUT2D eigenvalue weighted by molar-refractivity contribution is 0.877. The van der Waals surface area contributed by atoms with Crippen molar-refractivity contribution in [3.8, 4) is 0 Å². The summed E-state index contributed by atoms with van der Waals surface area (Å²) in [6, 6.07) is 7.42. The highest BCUT2D eigenvalue weighted by molar-refractivity contribution is 6.31. The van der Waals surface area contributed by atoms with Crippen molar-refractivity contribution in [1.82, 2.24) is 14.6 Å². The number of fused-ring (bicyclic) bond motifs is 1. The lowest BCUT2D eigenvalue weighted by Crippen LogP contribution is -2.19. The molecule has 1 aromatic carbocycles. The highest BCUT2D eigenvalue weighted by Crippen LogP contribution is 2.23. The van der Waals surface area contributed by atoms with Crippen LogP contribution in [0.25, 0.3) is 5.52 Å². The largest absolute Gasteiger partial charge is 0.399 e. The number of anilines is 2. The Hall–Kier alpha value is -2.27. The van der Waals surface area contributed by atoms with E-state index in [9.17, 15) is 0 Å². The SMILES string of the molecule is CN(Cc1cc(N)ccc1Cl)c1nccn2nccc12. The summed E-state index contributed by atoms with van der Waals surface area (Å²) in [5.41, 5.74) is 8.43. The molecule has 0 fully saturated rings. The first kappa shape index (κ1) is 12.7. The molecule has 0 unspecified atom stereocenters. The monoisotopic (exact) mass is 287 g/mol. The van der Waals surface area contributed by atoms with Gasteiger partial charge in [-0.1, -0.05) is 11.6 Å². The molecule has 5 nitrogen and oxygen atoms in total. The number of hydrogen-bond acceptors (Lipinski definition) is 4. The molecule has 0 aliphatic heterocycles. The van der Waals surface area contributed by atoms with Gasteiger partial charge in [-0.05, 0) is 29.8 Å². The summed E-state index contributed by atoms with van der Waals surface area (Å²) in [6.45, 7) is 0.627. The molecule has 0 saturated heterocycles. The zero-order valence-electron chi connectivity index (χ0n) is 11.0. The average molecular weight is 288 g/mol. The van der Waals surface area contributed by atoms with Crippen molar-refractivity contribution in [2.75, 3.05) is 17.7 Å².